The summed E-state index contributed by atoms with van der Waals surface area (Å²) in [4.78, 5) is 0. The molecule has 0 radical (unpaired) electrons. The first-order valence-electron chi connectivity index (χ1n) is 4.95. The molecule has 2 rings (SSSR count). The molecule has 0 atom stereocenters. The average Bonchev–Trinajstić information content (AvgIpc) is 2.59. The van der Waals surface area contributed by atoms with E-state index in [-0.39, 0.29) is 5.82 Å². The van der Waals surface area contributed by atoms with Crippen LogP contribution in [0.5, 0.6) is 5.75 Å². The number of halogens is 1. The van der Waals surface area contributed by atoms with E-state index in [0.29, 0.717) is 5.75 Å². The number of nitrogens with zero attached hydrogens (tertiary/aromatic N) is 2. The molecular weight excluding hydrogens is 207 g/mol. The average molecular weight is 220 g/mol. The molecule has 0 aliphatic carbocycles. The largest absolute Gasteiger partial charge is 0.497 e. The van der Waals surface area contributed by atoms with Gasteiger partial charge in [0.15, 0.2) is 0 Å². The van der Waals surface area contributed by atoms with Gasteiger partial charge in [-0.05, 0) is 24.6 Å². The Hall–Kier alpha value is -1.84. The van der Waals surface area contributed by atoms with E-state index in [2.05, 4.69) is 5.10 Å². The monoisotopic (exact) mass is 220 g/mol. The maximum absolute atomic E-state index is 13.3. The Kier molecular flexibility index (Phi) is 2.64. The quantitative estimate of drug-likeness (QED) is 0.777. The van der Waals surface area contributed by atoms with Gasteiger partial charge in [-0.3, -0.25) is 4.68 Å². The molecule has 0 saturated carbocycles. The van der Waals surface area contributed by atoms with Crippen LogP contribution in [0.1, 0.15) is 5.69 Å². The molecule has 3 nitrogen and oxygen atoms in total. The van der Waals surface area contributed by atoms with Gasteiger partial charge in [-0.15, -0.1) is 0 Å². The third kappa shape index (κ3) is 1.78. The number of ether oxygens (including phenoxy) is 1. The fraction of sp³-hybridized carbons (Fsp3) is 0.250. The highest BCUT2D eigenvalue weighted by Crippen LogP contribution is 2.27. The van der Waals surface area contributed by atoms with Crippen molar-refractivity contribution in [3.05, 3.63) is 35.9 Å². The summed E-state index contributed by atoms with van der Waals surface area (Å²) in [6.07, 6.45) is 1.73. The van der Waals surface area contributed by atoms with Gasteiger partial charge in [-0.1, -0.05) is 0 Å². The molecule has 1 aromatic carbocycles. The topological polar surface area (TPSA) is 27.1 Å². The summed E-state index contributed by atoms with van der Waals surface area (Å²) in [5.41, 5.74) is 2.69. The third-order valence-electron chi connectivity index (χ3n) is 2.65. The molecule has 0 fully saturated rings. The van der Waals surface area contributed by atoms with Crippen molar-refractivity contribution >= 4 is 0 Å². The normalized spacial score (nSPS) is 10.5. The van der Waals surface area contributed by atoms with E-state index in [0.717, 1.165) is 16.8 Å². The van der Waals surface area contributed by atoms with Crippen LogP contribution in [-0.2, 0) is 7.05 Å². The van der Waals surface area contributed by atoms with Gasteiger partial charge in [-0.2, -0.15) is 5.10 Å². The Bertz CT molecular complexity index is 520. The number of hydrogen-bond acceptors (Lipinski definition) is 2. The summed E-state index contributed by atoms with van der Waals surface area (Å²) in [5.74, 6) is 0.204. The summed E-state index contributed by atoms with van der Waals surface area (Å²) in [5, 5.41) is 4.13. The molecule has 0 spiro atoms. The number of hydrogen-bond donors (Lipinski definition) is 0. The maximum Gasteiger partial charge on any atom is 0.127 e. The smallest absolute Gasteiger partial charge is 0.127 e. The van der Waals surface area contributed by atoms with Crippen LogP contribution in [0.2, 0.25) is 0 Å². The highest BCUT2D eigenvalue weighted by atomic mass is 19.1. The molecule has 0 amide bonds. The molecule has 0 saturated heterocycles. The zero-order valence-electron chi connectivity index (χ0n) is 9.49. The highest BCUT2D eigenvalue weighted by Gasteiger charge is 2.09. The minimum absolute atomic E-state index is 0.308. The molecule has 0 unspecified atom stereocenters. The Morgan fingerprint density at radius 3 is 2.62 bits per heavy atom. The maximum atomic E-state index is 13.3. The number of aromatic nitrogens is 2. The first-order valence-corrected chi connectivity index (χ1v) is 4.95. The van der Waals surface area contributed by atoms with Crippen molar-refractivity contribution in [2.45, 2.75) is 6.92 Å². The zero-order valence-corrected chi connectivity index (χ0v) is 9.49. The van der Waals surface area contributed by atoms with E-state index < -0.39 is 0 Å². The number of rotatable bonds is 2. The fourth-order valence-corrected chi connectivity index (χ4v) is 1.62. The van der Waals surface area contributed by atoms with Crippen molar-refractivity contribution in [3.8, 4) is 16.9 Å². The molecule has 0 N–H and O–H groups in total. The summed E-state index contributed by atoms with van der Waals surface area (Å²) < 4.78 is 20.1. The standard InChI is InChI=1S/C12H13FN2O/c1-8-12(7-14-15(8)2)9-4-10(13)6-11(5-9)16-3/h4-7H,1-3H3. The number of methoxy groups -OCH3 is 1. The minimum Gasteiger partial charge on any atom is -0.497 e. The molecule has 4 heteroatoms. The summed E-state index contributed by atoms with van der Waals surface area (Å²) in [6.45, 7) is 1.94. The highest BCUT2D eigenvalue weighted by molar-refractivity contribution is 5.66. The van der Waals surface area contributed by atoms with Crippen LogP contribution in [0, 0.1) is 12.7 Å². The Morgan fingerprint density at radius 2 is 2.06 bits per heavy atom. The SMILES string of the molecule is COc1cc(F)cc(-c2cnn(C)c2C)c1. The van der Waals surface area contributed by atoms with Crippen LogP contribution in [0.3, 0.4) is 0 Å². The van der Waals surface area contributed by atoms with Gasteiger partial charge in [0.2, 0.25) is 0 Å². The molecule has 0 aliphatic heterocycles. The van der Waals surface area contributed by atoms with Gasteiger partial charge in [0.05, 0.1) is 13.3 Å². The van der Waals surface area contributed by atoms with E-state index in [4.69, 9.17) is 4.74 Å². The second kappa shape index (κ2) is 3.96. The first kappa shape index (κ1) is 10.7. The second-order valence-electron chi connectivity index (χ2n) is 3.65. The third-order valence-corrected chi connectivity index (χ3v) is 2.65. The van der Waals surface area contributed by atoms with Gasteiger partial charge in [0.25, 0.3) is 0 Å². The van der Waals surface area contributed by atoms with E-state index in [9.17, 15) is 4.39 Å². The summed E-state index contributed by atoms with van der Waals surface area (Å²) in [7, 11) is 3.38. The van der Waals surface area contributed by atoms with E-state index in [1.54, 1.807) is 16.9 Å². The molecule has 0 bridgehead atoms. The molecule has 2 aromatic rings. The van der Waals surface area contributed by atoms with Gasteiger partial charge in [0.1, 0.15) is 11.6 Å². The predicted molar refractivity (Wildman–Crippen MR) is 59.9 cm³/mol. The Morgan fingerprint density at radius 1 is 1.31 bits per heavy atom. The van der Waals surface area contributed by atoms with E-state index in [1.165, 1.54) is 19.2 Å². The van der Waals surface area contributed by atoms with E-state index in [1.807, 2.05) is 14.0 Å². The molecular formula is C12H13FN2O. The van der Waals surface area contributed by atoms with Gasteiger partial charge >= 0.3 is 0 Å². The predicted octanol–water partition coefficient (Wildman–Crippen LogP) is 2.54. The van der Waals surface area contributed by atoms with Crippen molar-refractivity contribution in [3.63, 3.8) is 0 Å². The van der Waals surface area contributed by atoms with Crippen LogP contribution in [0.15, 0.2) is 24.4 Å². The molecule has 1 aromatic heterocycles. The lowest BCUT2D eigenvalue weighted by Crippen LogP contribution is -1.93. The van der Waals surface area contributed by atoms with Gasteiger partial charge in [-0.25, -0.2) is 4.39 Å². The molecule has 16 heavy (non-hydrogen) atoms. The number of aryl methyl sites for hydroxylation is 1. The van der Waals surface area contributed by atoms with Crippen molar-refractivity contribution in [2.24, 2.45) is 7.05 Å². The van der Waals surface area contributed by atoms with Crippen molar-refractivity contribution in [1.29, 1.82) is 0 Å². The minimum atomic E-state index is -0.308. The summed E-state index contributed by atoms with van der Waals surface area (Å²) >= 11 is 0. The molecule has 1 heterocycles. The number of benzene rings is 1. The Labute approximate surface area is 93.5 Å². The van der Waals surface area contributed by atoms with Gasteiger partial charge < -0.3 is 4.74 Å². The van der Waals surface area contributed by atoms with Crippen LogP contribution in [0.4, 0.5) is 4.39 Å². The van der Waals surface area contributed by atoms with Crippen LogP contribution < -0.4 is 4.74 Å². The van der Waals surface area contributed by atoms with Crippen LogP contribution in [0.25, 0.3) is 11.1 Å². The molecule has 84 valence electrons. The fourth-order valence-electron chi connectivity index (χ4n) is 1.62. The molecule has 0 aliphatic rings. The summed E-state index contributed by atoms with van der Waals surface area (Å²) in [6, 6.07) is 4.63. The van der Waals surface area contributed by atoms with Crippen molar-refractivity contribution in [2.75, 3.05) is 7.11 Å². The Balaban J connectivity index is 2.55. The van der Waals surface area contributed by atoms with Gasteiger partial charge in [0, 0.05) is 24.4 Å². The van der Waals surface area contributed by atoms with Crippen LogP contribution >= 0.6 is 0 Å². The van der Waals surface area contributed by atoms with Crippen LogP contribution in [-0.4, -0.2) is 16.9 Å². The lowest BCUT2D eigenvalue weighted by atomic mass is 10.1. The zero-order chi connectivity index (χ0) is 11.7. The van der Waals surface area contributed by atoms with Crippen molar-refractivity contribution in [1.82, 2.24) is 9.78 Å². The lowest BCUT2D eigenvalue weighted by Gasteiger charge is -2.05. The second-order valence-corrected chi connectivity index (χ2v) is 3.65. The van der Waals surface area contributed by atoms with Crippen molar-refractivity contribution < 1.29 is 9.13 Å². The van der Waals surface area contributed by atoms with E-state index >= 15 is 0 Å². The lowest BCUT2D eigenvalue weighted by molar-refractivity contribution is 0.411. The first-order chi connectivity index (χ1) is 7.61.